The molecular weight excluding hydrogens is 700 g/mol. The van der Waals surface area contributed by atoms with Gasteiger partial charge in [0.25, 0.3) is 15.7 Å². The van der Waals surface area contributed by atoms with E-state index in [4.69, 9.17) is 4.74 Å². The number of methoxy groups -OCH3 is 1. The Morgan fingerprint density at radius 3 is 2.21 bits per heavy atom. The molecule has 0 aliphatic rings. The zero-order valence-electron chi connectivity index (χ0n) is 27.0. The van der Waals surface area contributed by atoms with Gasteiger partial charge in [-0.3, -0.25) is 24.0 Å². The third-order valence-corrected chi connectivity index (χ3v) is 9.81. The first-order chi connectivity index (χ1) is 22.8. The summed E-state index contributed by atoms with van der Waals surface area (Å²) in [6.45, 7) is 4.43. The molecule has 0 spiro atoms. The molecule has 0 radical (unpaired) electrons. The average Bonchev–Trinajstić information content (AvgIpc) is 3.05. The van der Waals surface area contributed by atoms with Gasteiger partial charge in [0.15, 0.2) is 0 Å². The van der Waals surface area contributed by atoms with Crippen molar-refractivity contribution < 1.29 is 27.7 Å². The highest BCUT2D eigenvalue weighted by Gasteiger charge is 2.35. The molecule has 48 heavy (non-hydrogen) atoms. The lowest BCUT2D eigenvalue weighted by atomic mass is 10.0. The van der Waals surface area contributed by atoms with Gasteiger partial charge in [-0.05, 0) is 74.4 Å². The van der Waals surface area contributed by atoms with E-state index in [2.05, 4.69) is 21.2 Å². The monoisotopic (exact) mass is 736 g/mol. The minimum absolute atomic E-state index is 0.00616. The molecule has 0 saturated carbocycles. The number of amides is 2. The normalized spacial score (nSPS) is 11.9. The number of nitrogens with zero attached hydrogens (tertiary/aromatic N) is 3. The van der Waals surface area contributed by atoms with Crippen LogP contribution in [0, 0.1) is 17.0 Å². The molecule has 252 valence electrons. The van der Waals surface area contributed by atoms with Gasteiger partial charge in [0, 0.05) is 35.1 Å². The van der Waals surface area contributed by atoms with Gasteiger partial charge in [-0.1, -0.05) is 64.5 Å². The van der Waals surface area contributed by atoms with Crippen LogP contribution in [0.15, 0.2) is 106 Å². The molecule has 11 nitrogen and oxygen atoms in total. The van der Waals surface area contributed by atoms with Gasteiger partial charge < -0.3 is 15.0 Å². The van der Waals surface area contributed by atoms with Crippen LogP contribution >= 0.6 is 15.9 Å². The maximum Gasteiger partial charge on any atom is 0.273 e. The van der Waals surface area contributed by atoms with Crippen LogP contribution in [0.25, 0.3) is 0 Å². The fourth-order valence-electron chi connectivity index (χ4n) is 5.12. The third kappa shape index (κ3) is 8.98. The predicted octanol–water partition coefficient (Wildman–Crippen LogP) is 6.03. The Morgan fingerprint density at radius 1 is 0.938 bits per heavy atom. The third-order valence-electron chi connectivity index (χ3n) is 7.55. The first kappa shape index (κ1) is 36.1. The zero-order valence-corrected chi connectivity index (χ0v) is 29.4. The van der Waals surface area contributed by atoms with Crippen molar-refractivity contribution in [1.82, 2.24) is 10.2 Å². The number of benzene rings is 4. The van der Waals surface area contributed by atoms with E-state index in [1.165, 1.54) is 43.2 Å². The van der Waals surface area contributed by atoms with Crippen LogP contribution in [-0.2, 0) is 32.6 Å². The summed E-state index contributed by atoms with van der Waals surface area (Å²) in [6.07, 6.45) is 0.165. The number of sulfonamides is 1. The lowest BCUT2D eigenvalue weighted by Crippen LogP contribution is -2.54. The molecule has 0 heterocycles. The van der Waals surface area contributed by atoms with Crippen LogP contribution < -0.4 is 14.4 Å². The van der Waals surface area contributed by atoms with Crippen LogP contribution in [0.4, 0.5) is 11.4 Å². The van der Waals surface area contributed by atoms with Gasteiger partial charge >= 0.3 is 0 Å². The van der Waals surface area contributed by atoms with E-state index < -0.39 is 39.3 Å². The second kappa shape index (κ2) is 15.9. The van der Waals surface area contributed by atoms with Crippen molar-refractivity contribution in [2.24, 2.45) is 0 Å². The molecule has 0 aliphatic heterocycles. The lowest BCUT2D eigenvalue weighted by molar-refractivity contribution is -0.385. The SMILES string of the molecule is COc1ccc(N(CC(=O)N(Cc2cccc(Br)c2)C(Cc2ccccc2)C(=O)NC(C)C)S(=O)(=O)c2ccc(C)c([N+](=O)[O-])c2)cc1. The number of aryl methyl sites for hydroxylation is 1. The number of ether oxygens (including phenoxy) is 1. The van der Waals surface area contributed by atoms with Crippen molar-refractivity contribution in [3.05, 3.63) is 128 Å². The van der Waals surface area contributed by atoms with Crippen molar-refractivity contribution in [1.29, 1.82) is 0 Å². The highest BCUT2D eigenvalue weighted by atomic mass is 79.9. The van der Waals surface area contributed by atoms with Gasteiger partial charge in [0.1, 0.15) is 18.3 Å². The summed E-state index contributed by atoms with van der Waals surface area (Å²) < 4.78 is 35.5. The number of hydrogen-bond donors (Lipinski definition) is 1. The van der Waals surface area contributed by atoms with Crippen molar-refractivity contribution >= 4 is 49.1 Å². The summed E-state index contributed by atoms with van der Waals surface area (Å²) in [5.41, 5.74) is 1.55. The highest BCUT2D eigenvalue weighted by Crippen LogP contribution is 2.30. The summed E-state index contributed by atoms with van der Waals surface area (Å²) in [6, 6.07) is 25.0. The van der Waals surface area contributed by atoms with Gasteiger partial charge in [0.2, 0.25) is 11.8 Å². The molecule has 0 saturated heterocycles. The fraction of sp³-hybridized carbons (Fsp3) is 0.257. The number of rotatable bonds is 14. The second-order valence-electron chi connectivity index (χ2n) is 11.4. The largest absolute Gasteiger partial charge is 0.497 e. The Morgan fingerprint density at radius 2 is 1.60 bits per heavy atom. The van der Waals surface area contributed by atoms with E-state index in [9.17, 15) is 28.1 Å². The van der Waals surface area contributed by atoms with Crippen molar-refractivity contribution in [2.75, 3.05) is 18.0 Å². The Balaban J connectivity index is 1.84. The van der Waals surface area contributed by atoms with Gasteiger partial charge in [-0.2, -0.15) is 0 Å². The molecule has 4 rings (SSSR count). The summed E-state index contributed by atoms with van der Waals surface area (Å²) in [5, 5.41) is 14.6. The molecule has 1 atom stereocenters. The molecule has 4 aromatic rings. The summed E-state index contributed by atoms with van der Waals surface area (Å²) in [4.78, 5) is 40.5. The standard InChI is InChI=1S/C35H37BrN4O7S/c1-24(2)37-35(42)33(20-26-9-6-5-7-10-26)38(22-27-11-8-12-28(36)19-27)34(41)23-39(29-14-16-30(47-4)17-15-29)48(45,46)31-18-13-25(3)32(21-31)40(43)44/h5-19,21,24,33H,20,22-23H2,1-4H3,(H,37,42). The van der Waals surface area contributed by atoms with Crippen LogP contribution in [0.3, 0.4) is 0 Å². The maximum atomic E-state index is 14.6. The van der Waals surface area contributed by atoms with Crippen LogP contribution in [0.1, 0.15) is 30.5 Å². The maximum absolute atomic E-state index is 14.6. The Kier molecular flexibility index (Phi) is 12.0. The number of halogens is 1. The zero-order chi connectivity index (χ0) is 35.0. The molecule has 0 fully saturated rings. The van der Waals surface area contributed by atoms with E-state index in [1.54, 1.807) is 18.2 Å². The van der Waals surface area contributed by atoms with E-state index in [0.29, 0.717) is 11.3 Å². The molecule has 1 unspecified atom stereocenters. The molecular formula is C35H37BrN4O7S. The number of hydrogen-bond acceptors (Lipinski definition) is 7. The van der Waals surface area contributed by atoms with Crippen LogP contribution in [0.5, 0.6) is 5.75 Å². The number of nitro benzene ring substituents is 1. The lowest BCUT2D eigenvalue weighted by Gasteiger charge is -2.34. The summed E-state index contributed by atoms with van der Waals surface area (Å²) >= 11 is 3.47. The first-order valence-electron chi connectivity index (χ1n) is 15.1. The molecule has 13 heteroatoms. The van der Waals surface area contributed by atoms with Gasteiger partial charge in [0.05, 0.1) is 22.6 Å². The van der Waals surface area contributed by atoms with E-state index in [-0.39, 0.29) is 40.8 Å². The average molecular weight is 738 g/mol. The number of nitro groups is 1. The Labute approximate surface area is 288 Å². The molecule has 1 N–H and O–H groups in total. The van der Waals surface area contributed by atoms with Crippen molar-refractivity contribution in [3.8, 4) is 5.75 Å². The van der Waals surface area contributed by atoms with Crippen LogP contribution in [0.2, 0.25) is 0 Å². The topological polar surface area (TPSA) is 139 Å². The number of anilines is 1. The highest BCUT2D eigenvalue weighted by molar-refractivity contribution is 9.10. The summed E-state index contributed by atoms with van der Waals surface area (Å²) in [7, 11) is -3.08. The Bertz CT molecular complexity index is 1870. The number of nitrogens with one attached hydrogen (secondary N) is 1. The molecule has 4 aromatic carbocycles. The smallest absolute Gasteiger partial charge is 0.273 e. The number of carbonyl (C=O) groups excluding carboxylic acids is 2. The second-order valence-corrected chi connectivity index (χ2v) is 14.2. The fourth-order valence-corrected chi connectivity index (χ4v) is 7.00. The molecule has 0 bridgehead atoms. The minimum Gasteiger partial charge on any atom is -0.497 e. The number of carbonyl (C=O) groups is 2. The van der Waals surface area contributed by atoms with Crippen LogP contribution in [-0.4, -0.2) is 55.8 Å². The van der Waals surface area contributed by atoms with Crippen molar-refractivity contribution in [3.63, 3.8) is 0 Å². The van der Waals surface area contributed by atoms with E-state index in [1.807, 2.05) is 62.4 Å². The van der Waals surface area contributed by atoms with E-state index in [0.717, 1.165) is 20.4 Å². The van der Waals surface area contributed by atoms with Crippen molar-refractivity contribution in [2.45, 2.75) is 50.7 Å². The van der Waals surface area contributed by atoms with Gasteiger partial charge in [-0.15, -0.1) is 0 Å². The quantitative estimate of drug-likeness (QED) is 0.123. The first-order valence-corrected chi connectivity index (χ1v) is 17.3. The molecule has 0 aromatic heterocycles. The summed E-state index contributed by atoms with van der Waals surface area (Å²) in [5.74, 6) is -0.598. The molecule has 0 aliphatic carbocycles. The van der Waals surface area contributed by atoms with E-state index >= 15 is 0 Å². The molecule has 2 amide bonds. The predicted molar refractivity (Wildman–Crippen MR) is 187 cm³/mol. The Hall–Kier alpha value is -4.75. The van der Waals surface area contributed by atoms with Gasteiger partial charge in [-0.25, -0.2) is 8.42 Å². The minimum atomic E-state index is -4.55.